The molecule has 1 aliphatic heterocycles. The predicted octanol–water partition coefficient (Wildman–Crippen LogP) is 2.75. The number of rotatable bonds is 6. The Morgan fingerprint density at radius 1 is 1.36 bits per heavy atom. The lowest BCUT2D eigenvalue weighted by Crippen LogP contribution is -2.29. The number of thiophene rings is 1. The summed E-state index contributed by atoms with van der Waals surface area (Å²) >= 11 is 1.60. The van der Waals surface area contributed by atoms with Crippen LogP contribution in [0, 0.1) is 0 Å². The summed E-state index contributed by atoms with van der Waals surface area (Å²) < 4.78 is 28.4. The molecule has 2 aromatic heterocycles. The molecule has 0 radical (unpaired) electrons. The van der Waals surface area contributed by atoms with E-state index in [4.69, 9.17) is 0 Å². The molecule has 1 saturated heterocycles. The molecule has 0 aromatic carbocycles. The molecule has 0 saturated carbocycles. The molecular weight excluding hydrogens is 358 g/mol. The molecule has 8 heteroatoms. The summed E-state index contributed by atoms with van der Waals surface area (Å²) in [4.78, 5) is 13.9. The molecule has 3 rings (SSSR count). The van der Waals surface area contributed by atoms with Crippen LogP contribution in [0.4, 0.5) is 0 Å². The van der Waals surface area contributed by atoms with Crippen LogP contribution in [0.5, 0.6) is 0 Å². The van der Waals surface area contributed by atoms with Gasteiger partial charge in [-0.1, -0.05) is 13.0 Å². The number of aromatic nitrogens is 1. The van der Waals surface area contributed by atoms with Crippen molar-refractivity contribution < 1.29 is 13.2 Å². The Morgan fingerprint density at radius 3 is 2.68 bits per heavy atom. The molecular formula is C17H23N3O3S2. The zero-order chi connectivity index (χ0) is 18.0. The van der Waals surface area contributed by atoms with Crippen LogP contribution < -0.4 is 5.32 Å². The van der Waals surface area contributed by atoms with Gasteiger partial charge in [0.05, 0.1) is 6.04 Å². The number of amides is 1. The van der Waals surface area contributed by atoms with E-state index in [-0.39, 0.29) is 16.8 Å². The van der Waals surface area contributed by atoms with Crippen LogP contribution in [0.3, 0.4) is 0 Å². The van der Waals surface area contributed by atoms with Gasteiger partial charge in [0.1, 0.15) is 10.6 Å². The number of aryl methyl sites for hydroxylation is 1. The summed E-state index contributed by atoms with van der Waals surface area (Å²) in [6, 6.07) is 5.36. The van der Waals surface area contributed by atoms with Crippen molar-refractivity contribution in [3.8, 4) is 0 Å². The maximum absolute atomic E-state index is 12.7. The zero-order valence-electron chi connectivity index (χ0n) is 14.4. The number of sulfonamides is 1. The van der Waals surface area contributed by atoms with E-state index in [0.717, 1.165) is 24.1 Å². The number of carbonyl (C=O) groups excluding carboxylic acids is 1. The molecule has 3 heterocycles. The molecule has 0 spiro atoms. The fourth-order valence-electron chi connectivity index (χ4n) is 3.07. The molecule has 0 bridgehead atoms. The van der Waals surface area contributed by atoms with Crippen molar-refractivity contribution in [1.82, 2.24) is 14.2 Å². The third-order valence-electron chi connectivity index (χ3n) is 4.52. The van der Waals surface area contributed by atoms with Crippen molar-refractivity contribution in [1.29, 1.82) is 0 Å². The highest BCUT2D eigenvalue weighted by atomic mass is 32.2. The minimum atomic E-state index is -3.52. The average Bonchev–Trinajstić information content (AvgIpc) is 3.32. The zero-order valence-corrected chi connectivity index (χ0v) is 16.1. The van der Waals surface area contributed by atoms with E-state index in [1.54, 1.807) is 23.0 Å². The number of nitrogens with one attached hydrogen (secondary N) is 1. The Labute approximate surface area is 152 Å². The van der Waals surface area contributed by atoms with Gasteiger partial charge >= 0.3 is 0 Å². The van der Waals surface area contributed by atoms with Crippen molar-refractivity contribution in [3.05, 3.63) is 40.3 Å². The van der Waals surface area contributed by atoms with Gasteiger partial charge < -0.3 is 9.88 Å². The lowest BCUT2D eigenvalue weighted by Gasteiger charge is -2.15. The van der Waals surface area contributed by atoms with Gasteiger partial charge in [0.25, 0.3) is 5.91 Å². The van der Waals surface area contributed by atoms with Crippen LogP contribution in [-0.4, -0.2) is 36.3 Å². The van der Waals surface area contributed by atoms with Gasteiger partial charge in [-0.05, 0) is 36.8 Å². The van der Waals surface area contributed by atoms with Gasteiger partial charge in [-0.3, -0.25) is 4.79 Å². The first-order valence-electron chi connectivity index (χ1n) is 8.44. The van der Waals surface area contributed by atoms with Crippen LogP contribution in [0.15, 0.2) is 34.7 Å². The van der Waals surface area contributed by atoms with Crippen molar-refractivity contribution in [2.75, 3.05) is 13.1 Å². The molecule has 0 aliphatic carbocycles. The summed E-state index contributed by atoms with van der Waals surface area (Å²) in [5.41, 5.74) is 0.354. The molecule has 0 unspecified atom stereocenters. The second-order valence-electron chi connectivity index (χ2n) is 6.23. The van der Waals surface area contributed by atoms with Gasteiger partial charge in [0, 0.05) is 31.2 Å². The van der Waals surface area contributed by atoms with Gasteiger partial charge in [-0.25, -0.2) is 8.42 Å². The Kier molecular flexibility index (Phi) is 5.31. The SMILES string of the molecule is CC[C@@H](NC(=O)c1cc(S(=O)(=O)N2CCCC2)cn1C)c1cccs1. The topological polar surface area (TPSA) is 71.4 Å². The fraction of sp³-hybridized carbons (Fsp3) is 0.471. The maximum atomic E-state index is 12.7. The molecule has 1 amide bonds. The quantitative estimate of drug-likeness (QED) is 0.836. The number of nitrogens with zero attached hydrogens (tertiary/aromatic N) is 2. The van der Waals surface area contributed by atoms with E-state index < -0.39 is 10.0 Å². The lowest BCUT2D eigenvalue weighted by atomic mass is 10.2. The molecule has 136 valence electrons. The molecule has 2 aromatic rings. The highest BCUT2D eigenvalue weighted by Crippen LogP contribution is 2.24. The Balaban J connectivity index is 1.81. The standard InChI is InChI=1S/C17H23N3O3S2/c1-3-14(16-7-6-10-24-16)18-17(21)15-11-13(12-19(15)2)25(22,23)20-8-4-5-9-20/h6-7,10-12,14H,3-5,8-9H2,1-2H3,(H,18,21)/t14-/m1/s1. The van der Waals surface area contributed by atoms with Gasteiger partial charge in [-0.2, -0.15) is 4.31 Å². The first-order chi connectivity index (χ1) is 11.9. The summed E-state index contributed by atoms with van der Waals surface area (Å²) in [7, 11) is -1.82. The largest absolute Gasteiger partial charge is 0.345 e. The summed E-state index contributed by atoms with van der Waals surface area (Å²) in [5, 5.41) is 4.98. The number of carbonyl (C=O) groups is 1. The van der Waals surface area contributed by atoms with E-state index in [9.17, 15) is 13.2 Å². The molecule has 1 aliphatic rings. The van der Waals surface area contributed by atoms with E-state index >= 15 is 0 Å². The minimum absolute atomic E-state index is 0.0685. The highest BCUT2D eigenvalue weighted by molar-refractivity contribution is 7.89. The molecule has 1 fully saturated rings. The second-order valence-corrected chi connectivity index (χ2v) is 9.15. The first kappa shape index (κ1) is 18.2. The third kappa shape index (κ3) is 3.65. The molecule has 1 atom stereocenters. The summed E-state index contributed by atoms with van der Waals surface area (Å²) in [6.07, 6.45) is 4.07. The monoisotopic (exact) mass is 381 g/mol. The minimum Gasteiger partial charge on any atom is -0.345 e. The molecule has 6 nitrogen and oxygen atoms in total. The van der Waals surface area contributed by atoms with E-state index in [2.05, 4.69) is 5.32 Å². The Bertz CT molecular complexity index is 835. The van der Waals surface area contributed by atoms with Crippen LogP contribution in [-0.2, 0) is 17.1 Å². The van der Waals surface area contributed by atoms with E-state index in [0.29, 0.717) is 18.8 Å². The van der Waals surface area contributed by atoms with Crippen molar-refractivity contribution >= 4 is 27.3 Å². The first-order valence-corrected chi connectivity index (χ1v) is 10.8. The van der Waals surface area contributed by atoms with Crippen LogP contribution >= 0.6 is 11.3 Å². The smallest absolute Gasteiger partial charge is 0.268 e. The summed E-state index contributed by atoms with van der Waals surface area (Å²) in [5.74, 6) is -0.259. The highest BCUT2D eigenvalue weighted by Gasteiger charge is 2.29. The van der Waals surface area contributed by atoms with Crippen LogP contribution in [0.25, 0.3) is 0 Å². The number of hydrogen-bond acceptors (Lipinski definition) is 4. The van der Waals surface area contributed by atoms with Crippen LogP contribution in [0.2, 0.25) is 0 Å². The number of hydrogen-bond donors (Lipinski definition) is 1. The Morgan fingerprint density at radius 2 is 2.08 bits per heavy atom. The summed E-state index contributed by atoms with van der Waals surface area (Å²) in [6.45, 7) is 3.11. The maximum Gasteiger partial charge on any atom is 0.268 e. The average molecular weight is 382 g/mol. The fourth-order valence-corrected chi connectivity index (χ4v) is 5.52. The second kappa shape index (κ2) is 7.31. The third-order valence-corrected chi connectivity index (χ3v) is 7.37. The van der Waals surface area contributed by atoms with Crippen molar-refractivity contribution in [2.24, 2.45) is 7.05 Å². The predicted molar refractivity (Wildman–Crippen MR) is 98.2 cm³/mol. The lowest BCUT2D eigenvalue weighted by molar-refractivity contribution is 0.0928. The van der Waals surface area contributed by atoms with Gasteiger partial charge in [-0.15, -0.1) is 11.3 Å². The van der Waals surface area contributed by atoms with Crippen molar-refractivity contribution in [3.63, 3.8) is 0 Å². The normalized spacial score (nSPS) is 16.9. The molecule has 25 heavy (non-hydrogen) atoms. The van der Waals surface area contributed by atoms with Gasteiger partial charge in [0.2, 0.25) is 10.0 Å². The Hall–Kier alpha value is -1.64. The van der Waals surface area contributed by atoms with Crippen LogP contribution in [0.1, 0.15) is 47.6 Å². The van der Waals surface area contributed by atoms with E-state index in [1.165, 1.54) is 16.6 Å². The van der Waals surface area contributed by atoms with Gasteiger partial charge in [0.15, 0.2) is 0 Å². The van der Waals surface area contributed by atoms with Crippen molar-refractivity contribution in [2.45, 2.75) is 37.1 Å². The van der Waals surface area contributed by atoms with E-state index in [1.807, 2.05) is 24.4 Å². The molecule has 1 N–H and O–H groups in total.